The Kier molecular flexibility index (Phi) is 2.27. The van der Waals surface area contributed by atoms with E-state index in [1.165, 1.54) is 0 Å². The van der Waals surface area contributed by atoms with Gasteiger partial charge in [-0.2, -0.15) is 0 Å². The van der Waals surface area contributed by atoms with Gasteiger partial charge in [0.2, 0.25) is 0 Å². The van der Waals surface area contributed by atoms with Crippen molar-refractivity contribution in [3.05, 3.63) is 42.7 Å². The molecule has 0 N–H and O–H groups in total. The van der Waals surface area contributed by atoms with E-state index in [0.29, 0.717) is 10.8 Å². The third-order valence-corrected chi connectivity index (χ3v) is 1.90. The molecule has 0 saturated carbocycles. The van der Waals surface area contributed by atoms with Gasteiger partial charge in [0.1, 0.15) is 5.75 Å². The molecule has 2 aromatic rings. The summed E-state index contributed by atoms with van der Waals surface area (Å²) in [6.45, 7) is 0. The van der Waals surface area contributed by atoms with Gasteiger partial charge in [0.15, 0.2) is 0 Å². The number of thiol groups is 1. The molecule has 0 unspecified atom stereocenters. The molecule has 0 aliphatic carbocycles. The van der Waals surface area contributed by atoms with Crippen LogP contribution in [-0.4, -0.2) is 0 Å². The number of furan rings is 1. The lowest BCUT2D eigenvalue weighted by molar-refractivity contribution is 0.337. The van der Waals surface area contributed by atoms with Gasteiger partial charge in [-0.15, -0.1) is 12.6 Å². The van der Waals surface area contributed by atoms with Gasteiger partial charge in [0, 0.05) is 0 Å². The van der Waals surface area contributed by atoms with Gasteiger partial charge in [-0.1, -0.05) is 18.2 Å². The highest BCUT2D eigenvalue weighted by molar-refractivity contribution is 7.80. The average molecular weight is 192 g/mol. The smallest absolute Gasteiger partial charge is 0.303 e. The normalized spacial score (nSPS) is 9.92. The van der Waals surface area contributed by atoms with Crippen LogP contribution in [0.4, 0.5) is 0 Å². The standard InChI is InChI=1S/C10H8O2S/c13-9-6-7-11-10(9)12-8-4-2-1-3-5-8/h1-7,13H. The van der Waals surface area contributed by atoms with Crippen LogP contribution in [0.3, 0.4) is 0 Å². The fraction of sp³-hybridized carbons (Fsp3) is 0. The van der Waals surface area contributed by atoms with Crippen molar-refractivity contribution in [1.82, 2.24) is 0 Å². The van der Waals surface area contributed by atoms with E-state index in [9.17, 15) is 0 Å². The van der Waals surface area contributed by atoms with Crippen molar-refractivity contribution in [1.29, 1.82) is 0 Å². The second-order valence-electron chi connectivity index (χ2n) is 2.51. The monoisotopic (exact) mass is 192 g/mol. The maximum absolute atomic E-state index is 5.41. The van der Waals surface area contributed by atoms with E-state index < -0.39 is 0 Å². The van der Waals surface area contributed by atoms with Crippen LogP contribution in [-0.2, 0) is 0 Å². The molecule has 2 nitrogen and oxygen atoms in total. The molecule has 1 aromatic carbocycles. The summed E-state index contributed by atoms with van der Waals surface area (Å²) in [6.07, 6.45) is 1.54. The SMILES string of the molecule is Sc1ccoc1Oc1ccccc1. The molecule has 0 amide bonds. The summed E-state index contributed by atoms with van der Waals surface area (Å²) in [7, 11) is 0. The third kappa shape index (κ3) is 1.87. The topological polar surface area (TPSA) is 22.4 Å². The van der Waals surface area contributed by atoms with Crippen LogP contribution in [0.15, 0.2) is 52.0 Å². The molecule has 0 atom stereocenters. The summed E-state index contributed by atoms with van der Waals surface area (Å²) < 4.78 is 10.5. The Morgan fingerprint density at radius 2 is 1.85 bits per heavy atom. The van der Waals surface area contributed by atoms with Crippen LogP contribution >= 0.6 is 12.6 Å². The first-order chi connectivity index (χ1) is 6.36. The first-order valence-corrected chi connectivity index (χ1v) is 4.30. The zero-order chi connectivity index (χ0) is 9.10. The second kappa shape index (κ2) is 3.58. The molecule has 3 heteroatoms. The molecule has 0 fully saturated rings. The highest BCUT2D eigenvalue weighted by Gasteiger charge is 2.03. The van der Waals surface area contributed by atoms with Crippen molar-refractivity contribution >= 4 is 12.6 Å². The van der Waals surface area contributed by atoms with E-state index >= 15 is 0 Å². The van der Waals surface area contributed by atoms with E-state index in [2.05, 4.69) is 12.6 Å². The minimum absolute atomic E-state index is 0.425. The van der Waals surface area contributed by atoms with Gasteiger partial charge >= 0.3 is 5.95 Å². The molecular weight excluding hydrogens is 184 g/mol. The summed E-state index contributed by atoms with van der Waals surface area (Å²) in [5.74, 6) is 1.17. The molecule has 1 aromatic heterocycles. The Morgan fingerprint density at radius 1 is 1.08 bits per heavy atom. The van der Waals surface area contributed by atoms with Crippen LogP contribution < -0.4 is 4.74 Å². The Labute approximate surface area is 81.6 Å². The molecule has 0 saturated heterocycles. The Bertz CT molecular complexity index is 381. The average Bonchev–Trinajstić information content (AvgIpc) is 2.54. The summed E-state index contributed by atoms with van der Waals surface area (Å²) >= 11 is 4.16. The second-order valence-corrected chi connectivity index (χ2v) is 2.99. The predicted octanol–water partition coefficient (Wildman–Crippen LogP) is 3.36. The molecular formula is C10H8O2S. The van der Waals surface area contributed by atoms with E-state index in [4.69, 9.17) is 9.15 Å². The predicted molar refractivity (Wildman–Crippen MR) is 52.5 cm³/mol. The number of para-hydroxylation sites is 1. The fourth-order valence-electron chi connectivity index (χ4n) is 0.961. The van der Waals surface area contributed by atoms with Crippen molar-refractivity contribution in [2.24, 2.45) is 0 Å². The maximum atomic E-state index is 5.41. The molecule has 1 heterocycles. The molecule has 66 valence electrons. The van der Waals surface area contributed by atoms with Gasteiger partial charge < -0.3 is 9.15 Å². The lowest BCUT2D eigenvalue weighted by Gasteiger charge is -2.01. The first kappa shape index (κ1) is 8.26. The van der Waals surface area contributed by atoms with Gasteiger partial charge in [0.25, 0.3) is 0 Å². The van der Waals surface area contributed by atoms with Crippen molar-refractivity contribution in [3.63, 3.8) is 0 Å². The van der Waals surface area contributed by atoms with Gasteiger partial charge in [-0.05, 0) is 18.2 Å². The minimum Gasteiger partial charge on any atom is -0.433 e. The molecule has 0 spiro atoms. The van der Waals surface area contributed by atoms with E-state index in [1.54, 1.807) is 12.3 Å². The highest BCUT2D eigenvalue weighted by Crippen LogP contribution is 2.28. The van der Waals surface area contributed by atoms with Crippen LogP contribution in [0, 0.1) is 0 Å². The zero-order valence-electron chi connectivity index (χ0n) is 6.81. The molecule has 13 heavy (non-hydrogen) atoms. The fourth-order valence-corrected chi connectivity index (χ4v) is 1.12. The number of ether oxygens (including phenoxy) is 1. The quantitative estimate of drug-likeness (QED) is 0.737. The lowest BCUT2D eigenvalue weighted by atomic mass is 10.3. The van der Waals surface area contributed by atoms with E-state index in [0.717, 1.165) is 5.75 Å². The van der Waals surface area contributed by atoms with Gasteiger partial charge in [0.05, 0.1) is 11.2 Å². The van der Waals surface area contributed by atoms with Crippen LogP contribution in [0.25, 0.3) is 0 Å². The van der Waals surface area contributed by atoms with Crippen molar-refractivity contribution in [2.45, 2.75) is 4.90 Å². The third-order valence-electron chi connectivity index (χ3n) is 1.56. The van der Waals surface area contributed by atoms with Gasteiger partial charge in [-0.25, -0.2) is 0 Å². The molecule has 0 bridgehead atoms. The largest absolute Gasteiger partial charge is 0.433 e. The van der Waals surface area contributed by atoms with E-state index in [-0.39, 0.29) is 0 Å². The Balaban J connectivity index is 2.20. The Hall–Kier alpha value is -1.35. The summed E-state index contributed by atoms with van der Waals surface area (Å²) in [5, 5.41) is 0. The molecule has 0 aliphatic rings. The van der Waals surface area contributed by atoms with Crippen molar-refractivity contribution in [2.75, 3.05) is 0 Å². The van der Waals surface area contributed by atoms with Gasteiger partial charge in [-0.3, -0.25) is 0 Å². The summed E-state index contributed by atoms with van der Waals surface area (Å²) in [6, 6.07) is 11.2. The lowest BCUT2D eigenvalue weighted by Crippen LogP contribution is -1.80. The first-order valence-electron chi connectivity index (χ1n) is 3.85. The molecule has 0 radical (unpaired) electrons. The Morgan fingerprint density at radius 3 is 2.46 bits per heavy atom. The van der Waals surface area contributed by atoms with Crippen LogP contribution in [0.2, 0.25) is 0 Å². The highest BCUT2D eigenvalue weighted by atomic mass is 32.1. The number of rotatable bonds is 2. The number of hydrogen-bond donors (Lipinski definition) is 1. The molecule has 2 rings (SSSR count). The minimum atomic E-state index is 0.425. The number of benzene rings is 1. The zero-order valence-corrected chi connectivity index (χ0v) is 7.70. The van der Waals surface area contributed by atoms with Crippen molar-refractivity contribution in [3.8, 4) is 11.7 Å². The maximum Gasteiger partial charge on any atom is 0.303 e. The van der Waals surface area contributed by atoms with Crippen molar-refractivity contribution < 1.29 is 9.15 Å². The summed E-state index contributed by atoms with van der Waals surface area (Å²) in [4.78, 5) is 0.698. The van der Waals surface area contributed by atoms with Crippen LogP contribution in [0.1, 0.15) is 0 Å². The van der Waals surface area contributed by atoms with E-state index in [1.807, 2.05) is 30.3 Å². The molecule has 0 aliphatic heterocycles. The summed E-state index contributed by atoms with van der Waals surface area (Å²) in [5.41, 5.74) is 0. The number of hydrogen-bond acceptors (Lipinski definition) is 3. The van der Waals surface area contributed by atoms with Crippen LogP contribution in [0.5, 0.6) is 11.7 Å².